The second kappa shape index (κ2) is 7.67. The van der Waals surface area contributed by atoms with Gasteiger partial charge in [-0.3, -0.25) is 4.79 Å². The van der Waals surface area contributed by atoms with Gasteiger partial charge in [-0.25, -0.2) is 8.42 Å². The Bertz CT molecular complexity index is 1090. The summed E-state index contributed by atoms with van der Waals surface area (Å²) < 4.78 is 32.1. The summed E-state index contributed by atoms with van der Waals surface area (Å²) in [7, 11) is -3.65. The van der Waals surface area contributed by atoms with E-state index in [1.807, 2.05) is 17.5 Å². The highest BCUT2D eigenvalue weighted by Gasteiger charge is 2.31. The van der Waals surface area contributed by atoms with Gasteiger partial charge in [-0.2, -0.15) is 4.31 Å². The van der Waals surface area contributed by atoms with Crippen LogP contribution in [-0.4, -0.2) is 54.9 Å². The van der Waals surface area contributed by atoms with Crippen molar-refractivity contribution in [2.45, 2.75) is 4.90 Å². The number of sulfonamides is 1. The van der Waals surface area contributed by atoms with E-state index in [0.29, 0.717) is 10.8 Å². The van der Waals surface area contributed by atoms with Gasteiger partial charge in [0.2, 0.25) is 10.0 Å². The van der Waals surface area contributed by atoms with Crippen LogP contribution < -0.4 is 0 Å². The third-order valence-corrected chi connectivity index (χ3v) is 7.47. The quantitative estimate of drug-likeness (QED) is 0.625. The van der Waals surface area contributed by atoms with Gasteiger partial charge < -0.3 is 9.42 Å². The zero-order valence-electron chi connectivity index (χ0n) is 14.6. The first kappa shape index (κ1) is 19.1. The Balaban J connectivity index is 1.43. The van der Waals surface area contributed by atoms with Gasteiger partial charge in [0, 0.05) is 37.3 Å². The molecule has 1 aliphatic heterocycles. The number of piperazine rings is 1. The summed E-state index contributed by atoms with van der Waals surface area (Å²) in [4.78, 5) is 15.3. The van der Waals surface area contributed by atoms with Crippen molar-refractivity contribution < 1.29 is 17.7 Å². The molecule has 0 N–H and O–H groups in total. The molecule has 146 valence electrons. The molecule has 0 spiro atoms. The van der Waals surface area contributed by atoms with E-state index in [0.717, 1.165) is 4.88 Å². The van der Waals surface area contributed by atoms with Crippen LogP contribution in [0.2, 0.25) is 5.02 Å². The van der Waals surface area contributed by atoms with Gasteiger partial charge >= 0.3 is 0 Å². The Morgan fingerprint density at radius 2 is 1.89 bits per heavy atom. The minimum atomic E-state index is -3.65. The van der Waals surface area contributed by atoms with E-state index in [2.05, 4.69) is 5.16 Å². The molecule has 10 heteroatoms. The van der Waals surface area contributed by atoms with Crippen molar-refractivity contribution in [3.8, 4) is 10.6 Å². The monoisotopic (exact) mass is 437 g/mol. The molecule has 4 rings (SSSR count). The molecule has 1 aromatic carbocycles. The number of benzene rings is 1. The molecule has 0 bridgehead atoms. The Labute approximate surface area is 171 Å². The van der Waals surface area contributed by atoms with Gasteiger partial charge in [0.25, 0.3) is 5.91 Å². The maximum atomic E-state index is 12.8. The molecule has 7 nitrogen and oxygen atoms in total. The molecular formula is C18H16ClN3O4S2. The fourth-order valence-corrected chi connectivity index (χ4v) is 5.38. The number of nitrogens with zero attached hydrogens (tertiary/aromatic N) is 3. The number of amides is 1. The van der Waals surface area contributed by atoms with E-state index >= 15 is 0 Å². The third-order valence-electron chi connectivity index (χ3n) is 4.45. The highest BCUT2D eigenvalue weighted by molar-refractivity contribution is 7.89. The average molecular weight is 438 g/mol. The van der Waals surface area contributed by atoms with Gasteiger partial charge in [-0.05, 0) is 29.6 Å². The Kier molecular flexibility index (Phi) is 5.24. The highest BCUT2D eigenvalue weighted by Crippen LogP contribution is 2.26. The van der Waals surface area contributed by atoms with E-state index in [9.17, 15) is 13.2 Å². The Morgan fingerprint density at radius 3 is 2.57 bits per heavy atom. The summed E-state index contributed by atoms with van der Waals surface area (Å²) in [5.74, 6) is 0.270. The van der Waals surface area contributed by atoms with Gasteiger partial charge in [-0.1, -0.05) is 28.9 Å². The molecule has 1 amide bonds. The predicted octanol–water partition coefficient (Wildman–Crippen LogP) is 3.20. The number of aromatic nitrogens is 1. The number of hydrogen-bond acceptors (Lipinski definition) is 6. The second-order valence-electron chi connectivity index (χ2n) is 6.21. The number of rotatable bonds is 4. The van der Waals surface area contributed by atoms with E-state index in [-0.39, 0.29) is 42.7 Å². The van der Waals surface area contributed by atoms with Gasteiger partial charge in [0.05, 0.1) is 9.77 Å². The van der Waals surface area contributed by atoms with Crippen molar-refractivity contribution in [2.75, 3.05) is 26.2 Å². The van der Waals surface area contributed by atoms with Crippen LogP contribution in [0.1, 0.15) is 10.5 Å². The van der Waals surface area contributed by atoms with Crippen molar-refractivity contribution in [3.63, 3.8) is 0 Å². The van der Waals surface area contributed by atoms with E-state index in [1.54, 1.807) is 23.1 Å². The fraction of sp³-hybridized carbons (Fsp3) is 0.222. The van der Waals surface area contributed by atoms with Crippen LogP contribution in [0, 0.1) is 0 Å². The first-order chi connectivity index (χ1) is 13.4. The van der Waals surface area contributed by atoms with Crippen molar-refractivity contribution in [2.24, 2.45) is 0 Å². The minimum absolute atomic E-state index is 0.150. The Hall–Kier alpha value is -2.20. The van der Waals surface area contributed by atoms with Crippen LogP contribution in [-0.2, 0) is 10.0 Å². The maximum Gasteiger partial charge on any atom is 0.276 e. The second-order valence-corrected chi connectivity index (χ2v) is 9.53. The molecule has 3 heterocycles. The van der Waals surface area contributed by atoms with Crippen LogP contribution in [0.3, 0.4) is 0 Å². The molecule has 2 aromatic heterocycles. The number of carbonyl (C=O) groups excluding carboxylic acids is 1. The molecule has 1 aliphatic rings. The molecule has 0 atom stereocenters. The summed E-state index contributed by atoms with van der Waals surface area (Å²) >= 11 is 7.41. The number of hydrogen-bond donors (Lipinski definition) is 0. The van der Waals surface area contributed by atoms with Crippen LogP contribution in [0.5, 0.6) is 0 Å². The molecule has 1 fully saturated rings. The summed E-state index contributed by atoms with van der Waals surface area (Å²) in [6, 6.07) is 11.6. The zero-order valence-corrected chi connectivity index (χ0v) is 17.0. The van der Waals surface area contributed by atoms with Crippen molar-refractivity contribution in [1.29, 1.82) is 0 Å². The SMILES string of the molecule is O=C(c1cc(-c2cccs2)on1)N1CCN(S(=O)(=O)c2cccc(Cl)c2)CC1. The van der Waals surface area contributed by atoms with Gasteiger partial charge in [-0.15, -0.1) is 11.3 Å². The molecular weight excluding hydrogens is 422 g/mol. The first-order valence-electron chi connectivity index (χ1n) is 8.51. The average Bonchev–Trinajstić information content (AvgIpc) is 3.39. The zero-order chi connectivity index (χ0) is 19.7. The summed E-state index contributed by atoms with van der Waals surface area (Å²) in [5, 5.41) is 6.15. The number of thiophene rings is 1. The fourth-order valence-electron chi connectivity index (χ4n) is 2.98. The molecule has 0 radical (unpaired) electrons. The smallest absolute Gasteiger partial charge is 0.276 e. The minimum Gasteiger partial charge on any atom is -0.355 e. The first-order valence-corrected chi connectivity index (χ1v) is 11.2. The topological polar surface area (TPSA) is 83.7 Å². The number of carbonyl (C=O) groups is 1. The lowest BCUT2D eigenvalue weighted by Crippen LogP contribution is -2.50. The molecule has 0 saturated carbocycles. The lowest BCUT2D eigenvalue weighted by atomic mass is 10.2. The van der Waals surface area contributed by atoms with Crippen LogP contribution in [0.25, 0.3) is 10.6 Å². The van der Waals surface area contributed by atoms with E-state index < -0.39 is 10.0 Å². The summed E-state index contributed by atoms with van der Waals surface area (Å²) in [6.07, 6.45) is 0. The standard InChI is InChI=1S/C18H16ClN3O4S2/c19-13-3-1-4-14(11-13)28(24,25)22-8-6-21(7-9-22)18(23)15-12-16(26-20-15)17-5-2-10-27-17/h1-5,10-12H,6-9H2. The van der Waals surface area contributed by atoms with Gasteiger partial charge in [0.15, 0.2) is 11.5 Å². The van der Waals surface area contributed by atoms with Crippen LogP contribution >= 0.6 is 22.9 Å². The lowest BCUT2D eigenvalue weighted by molar-refractivity contribution is 0.0687. The van der Waals surface area contributed by atoms with Crippen LogP contribution in [0.4, 0.5) is 0 Å². The van der Waals surface area contributed by atoms with Crippen molar-refractivity contribution >= 4 is 38.9 Å². The van der Waals surface area contributed by atoms with Gasteiger partial charge in [0.1, 0.15) is 0 Å². The lowest BCUT2D eigenvalue weighted by Gasteiger charge is -2.33. The maximum absolute atomic E-state index is 12.8. The van der Waals surface area contributed by atoms with Crippen LogP contribution in [0.15, 0.2) is 57.3 Å². The van der Waals surface area contributed by atoms with Crippen molar-refractivity contribution in [3.05, 3.63) is 58.6 Å². The molecule has 0 unspecified atom stereocenters. The highest BCUT2D eigenvalue weighted by atomic mass is 35.5. The molecule has 0 aliphatic carbocycles. The third kappa shape index (κ3) is 3.70. The molecule has 3 aromatic rings. The largest absolute Gasteiger partial charge is 0.355 e. The molecule has 28 heavy (non-hydrogen) atoms. The predicted molar refractivity (Wildman–Crippen MR) is 106 cm³/mol. The van der Waals surface area contributed by atoms with Crippen molar-refractivity contribution in [1.82, 2.24) is 14.4 Å². The number of halogens is 1. The molecule has 1 saturated heterocycles. The van der Waals surface area contributed by atoms with E-state index in [4.69, 9.17) is 16.1 Å². The normalized spacial score (nSPS) is 15.7. The van der Waals surface area contributed by atoms with E-state index in [1.165, 1.54) is 27.8 Å². The summed E-state index contributed by atoms with van der Waals surface area (Å²) in [5.41, 5.74) is 0.217. The summed E-state index contributed by atoms with van der Waals surface area (Å²) in [6.45, 7) is 0.964. The Morgan fingerprint density at radius 1 is 1.11 bits per heavy atom.